The molecule has 45 heavy (non-hydrogen) atoms. The summed E-state index contributed by atoms with van der Waals surface area (Å²) in [5, 5.41) is 10.3. The number of esters is 1. The molecule has 0 spiro atoms. The Morgan fingerprint density at radius 2 is 1.36 bits per heavy atom. The number of ether oxygens (including phenoxy) is 3. The van der Waals surface area contributed by atoms with E-state index in [9.17, 15) is 19.5 Å². The molecule has 0 radical (unpaired) electrons. The fraction of sp³-hybridized carbons (Fsp3) is 0.132. The number of allylic oxidation sites excluding steroid dienone is 3. The van der Waals surface area contributed by atoms with Gasteiger partial charge in [0.05, 0.1) is 20.1 Å². The number of rotatable bonds is 12. The molecule has 0 aliphatic carbocycles. The molecule has 1 atom stereocenters. The van der Waals surface area contributed by atoms with E-state index < -0.39 is 11.9 Å². The highest BCUT2D eigenvalue weighted by Gasteiger charge is 2.21. The van der Waals surface area contributed by atoms with Crippen molar-refractivity contribution in [2.45, 2.75) is 19.8 Å². The Morgan fingerprint density at radius 1 is 0.711 bits per heavy atom. The highest BCUT2D eigenvalue weighted by atomic mass is 16.6. The molecule has 0 heterocycles. The lowest BCUT2D eigenvalue weighted by Crippen LogP contribution is -2.17. The normalized spacial score (nSPS) is 12.2. The summed E-state index contributed by atoms with van der Waals surface area (Å²) in [6.07, 6.45) is 7.09. The minimum atomic E-state index is -0.653. The maximum Gasteiger partial charge on any atom is 0.318 e. The first kappa shape index (κ1) is 32.2. The topological polar surface area (TPSA) is 99.1 Å². The van der Waals surface area contributed by atoms with Gasteiger partial charge in [0.1, 0.15) is 11.5 Å². The predicted molar refractivity (Wildman–Crippen MR) is 175 cm³/mol. The van der Waals surface area contributed by atoms with Gasteiger partial charge >= 0.3 is 5.97 Å². The van der Waals surface area contributed by atoms with E-state index in [4.69, 9.17) is 14.2 Å². The van der Waals surface area contributed by atoms with E-state index in [0.29, 0.717) is 28.0 Å². The molecule has 0 saturated heterocycles. The summed E-state index contributed by atoms with van der Waals surface area (Å²) in [4.78, 5) is 38.2. The van der Waals surface area contributed by atoms with Crippen LogP contribution in [0.1, 0.15) is 51.0 Å². The maximum absolute atomic E-state index is 13.1. The van der Waals surface area contributed by atoms with Gasteiger partial charge in [0.25, 0.3) is 0 Å². The summed E-state index contributed by atoms with van der Waals surface area (Å²) >= 11 is 0. The minimum absolute atomic E-state index is 0.131. The Bertz CT molecular complexity index is 1780. The Morgan fingerprint density at radius 3 is 2.07 bits per heavy atom. The largest absolute Gasteiger partial charge is 0.508 e. The van der Waals surface area contributed by atoms with Crippen LogP contribution in [0.3, 0.4) is 0 Å². The standard InChI is InChI=1S/C38H34O7/c1-25-13-14-27(21-35(25)43-3)15-18-32(39)24-33(40)19-16-28-17-20-34(36(22-28)44-4)45-38(42)26(2)30-11-8-12-31(23-30)37(41)29-9-6-5-7-10-29/h5-24,26,40H,1-4H3/b18-15+,19-16+,33-24?/t26-/m0/s1. The van der Waals surface area contributed by atoms with E-state index in [1.54, 1.807) is 92.9 Å². The Balaban J connectivity index is 1.40. The molecule has 0 aromatic heterocycles. The van der Waals surface area contributed by atoms with Crippen LogP contribution < -0.4 is 14.2 Å². The zero-order valence-corrected chi connectivity index (χ0v) is 25.5. The van der Waals surface area contributed by atoms with Crippen molar-refractivity contribution in [3.05, 3.63) is 148 Å². The number of carbonyl (C=O) groups is 3. The van der Waals surface area contributed by atoms with Crippen LogP contribution in [0, 0.1) is 6.92 Å². The second kappa shape index (κ2) is 15.2. The van der Waals surface area contributed by atoms with Crippen LogP contribution >= 0.6 is 0 Å². The molecule has 0 aliphatic rings. The van der Waals surface area contributed by atoms with E-state index in [2.05, 4.69) is 0 Å². The average molecular weight is 603 g/mol. The van der Waals surface area contributed by atoms with E-state index in [0.717, 1.165) is 23.0 Å². The first-order chi connectivity index (χ1) is 21.7. The van der Waals surface area contributed by atoms with Crippen LogP contribution in [0.5, 0.6) is 17.2 Å². The van der Waals surface area contributed by atoms with Crippen molar-refractivity contribution in [3.63, 3.8) is 0 Å². The molecule has 7 heteroatoms. The fourth-order valence-corrected chi connectivity index (χ4v) is 4.45. The van der Waals surface area contributed by atoms with Crippen molar-refractivity contribution in [3.8, 4) is 17.2 Å². The number of hydrogen-bond acceptors (Lipinski definition) is 7. The number of aliphatic hydroxyl groups is 1. The molecule has 0 aliphatic heterocycles. The highest BCUT2D eigenvalue weighted by Crippen LogP contribution is 2.31. The number of hydrogen-bond donors (Lipinski definition) is 1. The van der Waals surface area contributed by atoms with Gasteiger partial charge in [-0.2, -0.15) is 0 Å². The molecule has 4 rings (SSSR count). The van der Waals surface area contributed by atoms with Gasteiger partial charge < -0.3 is 19.3 Å². The van der Waals surface area contributed by atoms with Gasteiger partial charge in [0.2, 0.25) is 0 Å². The fourth-order valence-electron chi connectivity index (χ4n) is 4.45. The molecule has 4 aromatic rings. The van der Waals surface area contributed by atoms with Crippen molar-refractivity contribution in [2.24, 2.45) is 0 Å². The van der Waals surface area contributed by atoms with Crippen LogP contribution in [0.2, 0.25) is 0 Å². The van der Waals surface area contributed by atoms with Gasteiger partial charge in [0.15, 0.2) is 23.1 Å². The summed E-state index contributed by atoms with van der Waals surface area (Å²) in [5.74, 6) is -0.677. The molecule has 0 amide bonds. The second-order valence-corrected chi connectivity index (χ2v) is 10.2. The molecule has 228 valence electrons. The van der Waals surface area contributed by atoms with Gasteiger partial charge in [-0.1, -0.05) is 78.9 Å². The van der Waals surface area contributed by atoms with Crippen LogP contribution in [-0.4, -0.2) is 36.9 Å². The lowest BCUT2D eigenvalue weighted by Gasteiger charge is -2.15. The highest BCUT2D eigenvalue weighted by molar-refractivity contribution is 6.09. The van der Waals surface area contributed by atoms with E-state index >= 15 is 0 Å². The lowest BCUT2D eigenvalue weighted by atomic mass is 9.96. The average Bonchev–Trinajstić information content (AvgIpc) is 3.07. The first-order valence-electron chi connectivity index (χ1n) is 14.2. The number of benzene rings is 4. The van der Waals surface area contributed by atoms with Gasteiger partial charge in [-0.25, -0.2) is 0 Å². The Labute approximate surface area is 262 Å². The third-order valence-electron chi connectivity index (χ3n) is 7.05. The quantitative estimate of drug-likeness (QED) is 0.0443. The lowest BCUT2D eigenvalue weighted by molar-refractivity contribution is -0.135. The predicted octanol–water partition coefficient (Wildman–Crippen LogP) is 7.69. The van der Waals surface area contributed by atoms with Crippen molar-refractivity contribution in [2.75, 3.05) is 14.2 Å². The molecule has 7 nitrogen and oxygen atoms in total. The SMILES string of the molecule is COc1cc(/C=C/C(=O)C=C(O)/C=C/c2ccc(OC(=O)[C@@H](C)c3cccc(C(=O)c4ccccc4)c3)c(OC)c2)ccc1C. The molecule has 0 unspecified atom stereocenters. The smallest absolute Gasteiger partial charge is 0.318 e. The summed E-state index contributed by atoms with van der Waals surface area (Å²) in [7, 11) is 3.04. The molecular weight excluding hydrogens is 568 g/mol. The third-order valence-corrected chi connectivity index (χ3v) is 7.05. The summed E-state index contributed by atoms with van der Waals surface area (Å²) in [5.41, 5.74) is 4.11. The number of carbonyl (C=O) groups excluding carboxylic acids is 3. The molecule has 1 N–H and O–H groups in total. The van der Waals surface area contributed by atoms with E-state index in [-0.39, 0.29) is 23.1 Å². The molecule has 4 aromatic carbocycles. The summed E-state index contributed by atoms with van der Waals surface area (Å²) in [6.45, 7) is 3.64. The van der Waals surface area contributed by atoms with Crippen molar-refractivity contribution >= 4 is 29.7 Å². The van der Waals surface area contributed by atoms with Gasteiger partial charge in [-0.05, 0) is 72.5 Å². The Kier molecular flexibility index (Phi) is 10.9. The zero-order chi connectivity index (χ0) is 32.3. The number of methoxy groups -OCH3 is 2. The first-order valence-corrected chi connectivity index (χ1v) is 14.2. The number of ketones is 2. The van der Waals surface area contributed by atoms with Gasteiger partial charge in [-0.15, -0.1) is 0 Å². The molecule has 0 saturated carbocycles. The molecule has 0 fully saturated rings. The summed E-state index contributed by atoms with van der Waals surface area (Å²) in [6, 6.07) is 26.4. The second-order valence-electron chi connectivity index (χ2n) is 10.2. The maximum atomic E-state index is 13.1. The van der Waals surface area contributed by atoms with Gasteiger partial charge in [0, 0.05) is 17.2 Å². The summed E-state index contributed by atoms with van der Waals surface area (Å²) < 4.78 is 16.4. The monoisotopic (exact) mass is 602 g/mol. The third kappa shape index (κ3) is 8.67. The number of aryl methyl sites for hydroxylation is 1. The minimum Gasteiger partial charge on any atom is -0.508 e. The molecule has 0 bridgehead atoms. The van der Waals surface area contributed by atoms with Crippen molar-refractivity contribution in [1.82, 2.24) is 0 Å². The van der Waals surface area contributed by atoms with E-state index in [1.807, 2.05) is 31.2 Å². The van der Waals surface area contributed by atoms with Crippen LogP contribution in [-0.2, 0) is 9.59 Å². The Hall–Kier alpha value is -5.69. The zero-order valence-electron chi connectivity index (χ0n) is 25.5. The van der Waals surface area contributed by atoms with Crippen LogP contribution in [0.15, 0.2) is 115 Å². The van der Waals surface area contributed by atoms with E-state index in [1.165, 1.54) is 19.3 Å². The number of aliphatic hydroxyl groups excluding tert-OH is 1. The van der Waals surface area contributed by atoms with Crippen LogP contribution in [0.25, 0.3) is 12.2 Å². The molecular formula is C38H34O7. The van der Waals surface area contributed by atoms with Crippen molar-refractivity contribution in [1.29, 1.82) is 0 Å². The van der Waals surface area contributed by atoms with Crippen LogP contribution in [0.4, 0.5) is 0 Å². The van der Waals surface area contributed by atoms with Crippen molar-refractivity contribution < 1.29 is 33.7 Å². The van der Waals surface area contributed by atoms with Gasteiger partial charge in [-0.3, -0.25) is 14.4 Å².